The maximum Gasteiger partial charge on any atom is 0.0599 e. The van der Waals surface area contributed by atoms with Crippen molar-refractivity contribution in [1.29, 1.82) is 0 Å². The van der Waals surface area contributed by atoms with Crippen LogP contribution in [0.2, 0.25) is 0 Å². The van der Waals surface area contributed by atoms with E-state index in [1.165, 1.54) is 30.6 Å². The Morgan fingerprint density at radius 2 is 2.11 bits per heavy atom. The van der Waals surface area contributed by atoms with Gasteiger partial charge in [-0.15, -0.1) is 6.42 Å². The summed E-state index contributed by atoms with van der Waals surface area (Å²) in [4.78, 5) is 2.43. The van der Waals surface area contributed by atoms with Crippen molar-refractivity contribution < 1.29 is 0 Å². The molecule has 0 bridgehead atoms. The quantitative estimate of drug-likeness (QED) is 0.795. The molecule has 1 fully saturated rings. The molecule has 0 radical (unpaired) electrons. The minimum atomic E-state index is 0.523. The van der Waals surface area contributed by atoms with Gasteiger partial charge in [-0.3, -0.25) is 4.90 Å². The van der Waals surface area contributed by atoms with Gasteiger partial charge >= 0.3 is 0 Å². The lowest BCUT2D eigenvalue weighted by Gasteiger charge is -2.23. The van der Waals surface area contributed by atoms with Crippen LogP contribution in [0.4, 0.5) is 5.69 Å². The lowest BCUT2D eigenvalue weighted by Crippen LogP contribution is -2.37. The fraction of sp³-hybridized carbons (Fsp3) is 0.500. The van der Waals surface area contributed by atoms with E-state index in [1.54, 1.807) is 0 Å². The van der Waals surface area contributed by atoms with Crippen LogP contribution in [-0.2, 0) is 6.42 Å². The van der Waals surface area contributed by atoms with Crippen molar-refractivity contribution in [2.75, 3.05) is 25.0 Å². The Hall–Kier alpha value is -1.46. The van der Waals surface area contributed by atoms with Crippen LogP contribution < -0.4 is 5.32 Å². The number of terminal acetylenes is 1. The first kappa shape index (κ1) is 11.6. The average molecular weight is 240 g/mol. The minimum absolute atomic E-state index is 0.523. The zero-order valence-corrected chi connectivity index (χ0v) is 10.7. The van der Waals surface area contributed by atoms with E-state index in [-0.39, 0.29) is 0 Å². The van der Waals surface area contributed by atoms with Crippen molar-refractivity contribution in [3.05, 3.63) is 29.8 Å². The summed E-state index contributed by atoms with van der Waals surface area (Å²) in [5.41, 5.74) is 2.74. The predicted molar refractivity (Wildman–Crippen MR) is 75.6 cm³/mol. The molecule has 0 amide bonds. The van der Waals surface area contributed by atoms with E-state index in [9.17, 15) is 0 Å². The Labute approximate surface area is 109 Å². The van der Waals surface area contributed by atoms with Crippen molar-refractivity contribution in [2.45, 2.75) is 25.3 Å². The molecule has 2 aliphatic rings. The van der Waals surface area contributed by atoms with Crippen LogP contribution in [-0.4, -0.2) is 30.6 Å². The number of nitrogens with one attached hydrogen (secondary N) is 1. The van der Waals surface area contributed by atoms with Crippen molar-refractivity contribution in [3.63, 3.8) is 0 Å². The number of rotatable bonds is 5. The van der Waals surface area contributed by atoms with Crippen molar-refractivity contribution in [1.82, 2.24) is 4.90 Å². The third-order valence-electron chi connectivity index (χ3n) is 3.85. The fourth-order valence-corrected chi connectivity index (χ4v) is 2.80. The number of fused-ring (bicyclic) bond motifs is 1. The second-order valence-electron chi connectivity index (χ2n) is 5.54. The highest BCUT2D eigenvalue weighted by Gasteiger charge is 2.27. The Kier molecular flexibility index (Phi) is 3.25. The summed E-state index contributed by atoms with van der Waals surface area (Å²) >= 11 is 0. The van der Waals surface area contributed by atoms with E-state index in [2.05, 4.69) is 40.4 Å². The molecular weight excluding hydrogens is 220 g/mol. The third-order valence-corrected chi connectivity index (χ3v) is 3.85. The molecule has 94 valence electrons. The molecule has 0 spiro atoms. The average Bonchev–Trinajstić information content (AvgIpc) is 3.07. The molecule has 1 heterocycles. The molecule has 18 heavy (non-hydrogen) atoms. The molecule has 1 saturated carbocycles. The van der Waals surface area contributed by atoms with Crippen molar-refractivity contribution in [3.8, 4) is 12.3 Å². The lowest BCUT2D eigenvalue weighted by molar-refractivity contribution is 0.283. The van der Waals surface area contributed by atoms with Crippen LogP contribution in [0.3, 0.4) is 0 Å². The second-order valence-corrected chi connectivity index (χ2v) is 5.54. The van der Waals surface area contributed by atoms with Gasteiger partial charge in [0.15, 0.2) is 0 Å². The van der Waals surface area contributed by atoms with Gasteiger partial charge in [-0.25, -0.2) is 0 Å². The van der Waals surface area contributed by atoms with Crippen molar-refractivity contribution in [2.24, 2.45) is 5.92 Å². The lowest BCUT2D eigenvalue weighted by atomic mass is 10.1. The second kappa shape index (κ2) is 5.04. The minimum Gasteiger partial charge on any atom is -0.380 e. The highest BCUT2D eigenvalue weighted by Crippen LogP contribution is 2.30. The Bertz CT molecular complexity index is 431. The highest BCUT2D eigenvalue weighted by atomic mass is 15.2. The molecule has 1 N–H and O–H groups in total. The maximum atomic E-state index is 5.47. The number of para-hydroxylation sites is 1. The van der Waals surface area contributed by atoms with Crippen LogP contribution in [0.25, 0.3) is 0 Å². The molecule has 1 aliphatic heterocycles. The number of anilines is 1. The first-order valence-electron chi connectivity index (χ1n) is 6.85. The van der Waals surface area contributed by atoms with Crippen LogP contribution >= 0.6 is 0 Å². The summed E-state index contributed by atoms with van der Waals surface area (Å²) in [5, 5.41) is 3.61. The zero-order chi connectivity index (χ0) is 12.4. The van der Waals surface area contributed by atoms with E-state index >= 15 is 0 Å². The topological polar surface area (TPSA) is 15.3 Å². The molecule has 0 aromatic heterocycles. The first-order valence-corrected chi connectivity index (χ1v) is 6.85. The van der Waals surface area contributed by atoms with Gasteiger partial charge in [0, 0.05) is 24.8 Å². The largest absolute Gasteiger partial charge is 0.380 e. The first-order chi connectivity index (χ1) is 8.85. The van der Waals surface area contributed by atoms with Crippen molar-refractivity contribution >= 4 is 5.69 Å². The van der Waals surface area contributed by atoms with Gasteiger partial charge < -0.3 is 5.32 Å². The molecule has 1 atom stereocenters. The Balaban J connectivity index is 1.58. The normalized spacial score (nSPS) is 21.4. The molecule has 1 aliphatic carbocycles. The molecule has 1 unspecified atom stereocenters. The molecular formula is C16H20N2. The zero-order valence-electron chi connectivity index (χ0n) is 10.7. The summed E-state index contributed by atoms with van der Waals surface area (Å²) in [6.07, 6.45) is 9.38. The van der Waals surface area contributed by atoms with Gasteiger partial charge in [0.2, 0.25) is 0 Å². The van der Waals surface area contributed by atoms with Gasteiger partial charge in [-0.05, 0) is 36.8 Å². The summed E-state index contributed by atoms with van der Waals surface area (Å²) in [5.74, 6) is 3.70. The van der Waals surface area contributed by atoms with Crippen LogP contribution in [0, 0.1) is 18.3 Å². The number of nitrogens with zero attached hydrogens (tertiary/aromatic N) is 1. The fourth-order valence-electron chi connectivity index (χ4n) is 2.80. The molecule has 1 aromatic carbocycles. The van der Waals surface area contributed by atoms with Crippen LogP contribution in [0.1, 0.15) is 18.4 Å². The number of benzene rings is 1. The Morgan fingerprint density at radius 3 is 2.83 bits per heavy atom. The molecule has 2 nitrogen and oxygen atoms in total. The summed E-state index contributed by atoms with van der Waals surface area (Å²) in [6.45, 7) is 3.03. The van der Waals surface area contributed by atoms with E-state index in [0.29, 0.717) is 6.04 Å². The third kappa shape index (κ3) is 2.68. The van der Waals surface area contributed by atoms with Gasteiger partial charge in [-0.2, -0.15) is 0 Å². The van der Waals surface area contributed by atoms with Crippen LogP contribution in [0.15, 0.2) is 24.3 Å². The summed E-state index contributed by atoms with van der Waals surface area (Å²) in [6, 6.07) is 9.12. The van der Waals surface area contributed by atoms with E-state index in [1.807, 2.05) is 0 Å². The van der Waals surface area contributed by atoms with Gasteiger partial charge in [0.1, 0.15) is 0 Å². The van der Waals surface area contributed by atoms with E-state index in [0.717, 1.165) is 25.4 Å². The number of hydrogen-bond acceptors (Lipinski definition) is 2. The monoisotopic (exact) mass is 240 g/mol. The molecule has 0 saturated heterocycles. The van der Waals surface area contributed by atoms with Gasteiger partial charge in [0.05, 0.1) is 6.54 Å². The maximum absolute atomic E-state index is 5.47. The van der Waals surface area contributed by atoms with Crippen LogP contribution in [0.5, 0.6) is 0 Å². The molecule has 1 aromatic rings. The van der Waals surface area contributed by atoms with Gasteiger partial charge in [-0.1, -0.05) is 24.1 Å². The SMILES string of the molecule is C#CCN(CC1CC1)CC1Cc2ccccc2N1. The van der Waals surface area contributed by atoms with E-state index < -0.39 is 0 Å². The summed E-state index contributed by atoms with van der Waals surface area (Å²) < 4.78 is 0. The van der Waals surface area contributed by atoms with E-state index in [4.69, 9.17) is 6.42 Å². The molecule has 2 heteroatoms. The summed E-state index contributed by atoms with van der Waals surface area (Å²) in [7, 11) is 0. The smallest absolute Gasteiger partial charge is 0.0599 e. The predicted octanol–water partition coefficient (Wildman–Crippen LogP) is 2.37. The Morgan fingerprint density at radius 1 is 1.28 bits per heavy atom. The number of hydrogen-bond donors (Lipinski definition) is 1. The standard InChI is InChI=1S/C16H20N2/c1-2-9-18(11-13-7-8-13)12-15-10-14-5-3-4-6-16(14)17-15/h1,3-6,13,15,17H,7-12H2. The molecule has 3 rings (SSSR count). The van der Waals surface area contributed by atoms with Gasteiger partial charge in [0.25, 0.3) is 0 Å². The highest BCUT2D eigenvalue weighted by molar-refractivity contribution is 5.56.